The van der Waals surface area contributed by atoms with Gasteiger partial charge in [-0.15, -0.1) is 0 Å². The molecule has 160 valence electrons. The maximum atomic E-state index is 12.9. The molecule has 0 radical (unpaired) electrons. The third-order valence-electron chi connectivity index (χ3n) is 5.84. The van der Waals surface area contributed by atoms with Gasteiger partial charge in [-0.05, 0) is 37.8 Å². The SMILES string of the molecule is O=C(c1ccc(OC2CCCC2)nc1)N1CCN(c2cc(-n3cccn3)ncn2)CC1. The second-order valence-corrected chi connectivity index (χ2v) is 7.87. The standard InChI is InChI=1S/C22H25N7O2/c30-22(17-6-7-21(23-15-17)31-18-4-1-2-5-18)28-12-10-27(11-13-28)19-14-20(25-16-24-19)29-9-3-8-26-29/h3,6-9,14-16,18H,1-2,4-5,10-13H2. The molecular formula is C22H25N7O2. The van der Waals surface area contributed by atoms with Crippen molar-refractivity contribution in [2.75, 3.05) is 31.1 Å². The molecule has 0 bridgehead atoms. The maximum absolute atomic E-state index is 12.9. The number of ether oxygens (including phenoxy) is 1. The Morgan fingerprint density at radius 2 is 1.81 bits per heavy atom. The molecule has 1 aliphatic carbocycles. The van der Waals surface area contributed by atoms with Gasteiger partial charge in [0, 0.05) is 56.9 Å². The molecule has 1 saturated carbocycles. The first kappa shape index (κ1) is 19.5. The number of carbonyl (C=O) groups is 1. The second kappa shape index (κ2) is 8.71. The van der Waals surface area contributed by atoms with Crippen LogP contribution in [0.2, 0.25) is 0 Å². The van der Waals surface area contributed by atoms with Crippen molar-refractivity contribution < 1.29 is 9.53 Å². The van der Waals surface area contributed by atoms with Crippen LogP contribution in [-0.2, 0) is 0 Å². The molecule has 1 aliphatic heterocycles. The van der Waals surface area contributed by atoms with Crippen LogP contribution in [0.4, 0.5) is 5.82 Å². The predicted octanol–water partition coefficient (Wildman–Crippen LogP) is 2.34. The van der Waals surface area contributed by atoms with Gasteiger partial charge in [-0.25, -0.2) is 19.6 Å². The molecule has 9 heteroatoms. The second-order valence-electron chi connectivity index (χ2n) is 7.87. The number of hydrogen-bond acceptors (Lipinski definition) is 7. The van der Waals surface area contributed by atoms with Gasteiger partial charge in [0.2, 0.25) is 5.88 Å². The van der Waals surface area contributed by atoms with Gasteiger partial charge >= 0.3 is 0 Å². The van der Waals surface area contributed by atoms with E-state index in [1.807, 2.05) is 29.3 Å². The lowest BCUT2D eigenvalue weighted by atomic mass is 10.2. The van der Waals surface area contributed by atoms with E-state index < -0.39 is 0 Å². The first-order valence-corrected chi connectivity index (χ1v) is 10.8. The van der Waals surface area contributed by atoms with E-state index in [2.05, 4.69) is 25.0 Å². The smallest absolute Gasteiger partial charge is 0.255 e. The molecule has 5 rings (SSSR count). The molecule has 2 aliphatic rings. The number of hydrogen-bond donors (Lipinski definition) is 0. The zero-order valence-electron chi connectivity index (χ0n) is 17.3. The Hall–Kier alpha value is -3.49. The molecule has 0 atom stereocenters. The summed E-state index contributed by atoms with van der Waals surface area (Å²) in [7, 11) is 0. The molecule has 31 heavy (non-hydrogen) atoms. The van der Waals surface area contributed by atoms with E-state index in [4.69, 9.17) is 4.74 Å². The van der Waals surface area contributed by atoms with E-state index in [9.17, 15) is 4.79 Å². The molecule has 1 saturated heterocycles. The van der Waals surface area contributed by atoms with E-state index >= 15 is 0 Å². The Kier molecular flexibility index (Phi) is 5.47. The molecule has 4 heterocycles. The Morgan fingerprint density at radius 1 is 1.00 bits per heavy atom. The quantitative estimate of drug-likeness (QED) is 0.627. The number of rotatable bonds is 5. The fourth-order valence-corrected chi connectivity index (χ4v) is 4.11. The van der Waals surface area contributed by atoms with Gasteiger partial charge in [-0.1, -0.05) is 0 Å². The largest absolute Gasteiger partial charge is 0.474 e. The highest BCUT2D eigenvalue weighted by atomic mass is 16.5. The molecule has 3 aromatic rings. The van der Waals surface area contributed by atoms with Gasteiger partial charge < -0.3 is 14.5 Å². The number of nitrogens with zero attached hydrogens (tertiary/aromatic N) is 7. The minimum absolute atomic E-state index is 0.000478. The van der Waals surface area contributed by atoms with Gasteiger partial charge in [0.15, 0.2) is 5.82 Å². The van der Waals surface area contributed by atoms with Crippen LogP contribution in [-0.4, -0.2) is 67.8 Å². The number of anilines is 1. The number of amides is 1. The lowest BCUT2D eigenvalue weighted by Gasteiger charge is -2.35. The normalized spacial score (nSPS) is 17.2. The van der Waals surface area contributed by atoms with E-state index in [0.717, 1.165) is 24.5 Å². The molecule has 0 aromatic carbocycles. The summed E-state index contributed by atoms with van der Waals surface area (Å²) < 4.78 is 7.60. The number of aromatic nitrogens is 5. The predicted molar refractivity (Wildman–Crippen MR) is 114 cm³/mol. The third-order valence-corrected chi connectivity index (χ3v) is 5.84. The van der Waals surface area contributed by atoms with Crippen LogP contribution in [0.5, 0.6) is 5.88 Å². The first-order chi connectivity index (χ1) is 15.3. The van der Waals surface area contributed by atoms with Crippen molar-refractivity contribution in [1.29, 1.82) is 0 Å². The summed E-state index contributed by atoms with van der Waals surface area (Å²) in [5, 5.41) is 4.22. The fourth-order valence-electron chi connectivity index (χ4n) is 4.11. The molecule has 0 unspecified atom stereocenters. The van der Waals surface area contributed by atoms with Crippen LogP contribution >= 0.6 is 0 Å². The summed E-state index contributed by atoms with van der Waals surface area (Å²) in [4.78, 5) is 29.9. The van der Waals surface area contributed by atoms with Gasteiger partial charge in [-0.2, -0.15) is 5.10 Å². The van der Waals surface area contributed by atoms with Crippen molar-refractivity contribution in [3.8, 4) is 11.7 Å². The summed E-state index contributed by atoms with van der Waals surface area (Å²) in [6.07, 6.45) is 11.6. The summed E-state index contributed by atoms with van der Waals surface area (Å²) in [5.41, 5.74) is 0.593. The molecule has 3 aromatic heterocycles. The van der Waals surface area contributed by atoms with Crippen molar-refractivity contribution in [2.45, 2.75) is 31.8 Å². The average Bonchev–Trinajstić information content (AvgIpc) is 3.54. The molecule has 0 N–H and O–H groups in total. The monoisotopic (exact) mass is 419 g/mol. The lowest BCUT2D eigenvalue weighted by Crippen LogP contribution is -2.49. The molecular weight excluding hydrogens is 394 g/mol. The first-order valence-electron chi connectivity index (χ1n) is 10.8. The number of carbonyl (C=O) groups excluding carboxylic acids is 1. The van der Waals surface area contributed by atoms with Crippen LogP contribution < -0.4 is 9.64 Å². The van der Waals surface area contributed by atoms with E-state index in [1.165, 1.54) is 12.8 Å². The minimum atomic E-state index is -0.000478. The van der Waals surface area contributed by atoms with Crippen molar-refractivity contribution in [3.63, 3.8) is 0 Å². The van der Waals surface area contributed by atoms with Gasteiger partial charge in [0.25, 0.3) is 5.91 Å². The molecule has 9 nitrogen and oxygen atoms in total. The Balaban J connectivity index is 1.18. The van der Waals surface area contributed by atoms with Crippen LogP contribution in [0.1, 0.15) is 36.0 Å². The Bertz CT molecular complexity index is 1010. The molecule has 1 amide bonds. The van der Waals surface area contributed by atoms with Gasteiger partial charge in [0.1, 0.15) is 18.2 Å². The highest BCUT2D eigenvalue weighted by Crippen LogP contribution is 2.23. The topological polar surface area (TPSA) is 89.3 Å². The van der Waals surface area contributed by atoms with Gasteiger partial charge in [-0.3, -0.25) is 4.79 Å². The van der Waals surface area contributed by atoms with Crippen LogP contribution in [0, 0.1) is 0 Å². The summed E-state index contributed by atoms with van der Waals surface area (Å²) in [6, 6.07) is 7.39. The van der Waals surface area contributed by atoms with E-state index in [1.54, 1.807) is 29.5 Å². The Labute approximate surface area is 180 Å². The van der Waals surface area contributed by atoms with Crippen molar-refractivity contribution in [1.82, 2.24) is 29.6 Å². The zero-order valence-corrected chi connectivity index (χ0v) is 17.3. The van der Waals surface area contributed by atoms with E-state index in [-0.39, 0.29) is 12.0 Å². The number of piperazine rings is 1. The van der Waals surface area contributed by atoms with Crippen molar-refractivity contribution in [3.05, 3.63) is 54.7 Å². The lowest BCUT2D eigenvalue weighted by molar-refractivity contribution is 0.0746. The minimum Gasteiger partial charge on any atom is -0.474 e. The highest BCUT2D eigenvalue weighted by molar-refractivity contribution is 5.94. The van der Waals surface area contributed by atoms with Gasteiger partial charge in [0.05, 0.1) is 5.56 Å². The van der Waals surface area contributed by atoms with E-state index in [0.29, 0.717) is 37.6 Å². The average molecular weight is 419 g/mol. The Morgan fingerprint density at radius 3 is 2.52 bits per heavy atom. The fraction of sp³-hybridized carbons (Fsp3) is 0.409. The van der Waals surface area contributed by atoms with Crippen LogP contribution in [0.3, 0.4) is 0 Å². The summed E-state index contributed by atoms with van der Waals surface area (Å²) in [6.45, 7) is 2.66. The van der Waals surface area contributed by atoms with Crippen molar-refractivity contribution in [2.24, 2.45) is 0 Å². The highest BCUT2D eigenvalue weighted by Gasteiger charge is 2.24. The van der Waals surface area contributed by atoms with Crippen molar-refractivity contribution >= 4 is 11.7 Å². The molecule has 2 fully saturated rings. The summed E-state index contributed by atoms with van der Waals surface area (Å²) in [5.74, 6) is 2.16. The molecule has 0 spiro atoms. The zero-order chi connectivity index (χ0) is 21.0. The summed E-state index contributed by atoms with van der Waals surface area (Å²) >= 11 is 0. The number of pyridine rings is 1. The third kappa shape index (κ3) is 4.35. The maximum Gasteiger partial charge on any atom is 0.255 e. The van der Waals surface area contributed by atoms with Crippen LogP contribution in [0.25, 0.3) is 5.82 Å². The van der Waals surface area contributed by atoms with Crippen LogP contribution in [0.15, 0.2) is 49.2 Å².